The summed E-state index contributed by atoms with van der Waals surface area (Å²) in [6.07, 6.45) is 1.64. The van der Waals surface area contributed by atoms with Crippen LogP contribution in [-0.2, 0) is 23.0 Å². The van der Waals surface area contributed by atoms with Crippen LogP contribution in [0.25, 0.3) is 0 Å². The lowest BCUT2D eigenvalue weighted by molar-refractivity contribution is 0.380. The summed E-state index contributed by atoms with van der Waals surface area (Å²) in [5.41, 5.74) is 6.87. The molecule has 0 aliphatic carbocycles. The van der Waals surface area contributed by atoms with Gasteiger partial charge in [-0.3, -0.25) is 0 Å². The minimum Gasteiger partial charge on any atom is -0.397 e. The number of rotatable bonds is 2. The molecule has 8 heteroatoms. The predicted molar refractivity (Wildman–Crippen MR) is 81.4 cm³/mol. The molecule has 0 unspecified atom stereocenters. The largest absolute Gasteiger partial charge is 0.397 e. The van der Waals surface area contributed by atoms with Crippen LogP contribution in [-0.4, -0.2) is 24.3 Å². The molecule has 2 aromatic rings. The van der Waals surface area contributed by atoms with Crippen molar-refractivity contribution in [2.75, 3.05) is 12.3 Å². The fraction of sp³-hybridized carbons (Fsp3) is 0.214. The summed E-state index contributed by atoms with van der Waals surface area (Å²) >= 11 is 6.05. The Morgan fingerprint density at radius 3 is 2.68 bits per heavy atom. The van der Waals surface area contributed by atoms with Gasteiger partial charge in [-0.25, -0.2) is 17.8 Å². The van der Waals surface area contributed by atoms with E-state index < -0.39 is 15.8 Å². The Labute approximate surface area is 132 Å². The maximum atomic E-state index is 14.0. The Morgan fingerprint density at radius 1 is 1.23 bits per heavy atom. The van der Waals surface area contributed by atoms with Gasteiger partial charge in [-0.05, 0) is 36.2 Å². The molecule has 22 heavy (non-hydrogen) atoms. The predicted octanol–water partition coefficient (Wildman–Crippen LogP) is 2.20. The summed E-state index contributed by atoms with van der Waals surface area (Å²) < 4.78 is 40.3. The lowest BCUT2D eigenvalue weighted by atomic mass is 10.0. The Morgan fingerprint density at radius 2 is 2.00 bits per heavy atom. The Balaban J connectivity index is 1.97. The molecule has 1 aliphatic rings. The number of benzene rings is 1. The van der Waals surface area contributed by atoms with Crippen LogP contribution in [0.15, 0.2) is 35.5 Å². The Kier molecular flexibility index (Phi) is 3.80. The first-order valence-corrected chi connectivity index (χ1v) is 8.39. The fourth-order valence-electron chi connectivity index (χ4n) is 2.45. The third-order valence-corrected chi connectivity index (χ3v) is 5.74. The monoisotopic (exact) mass is 341 g/mol. The van der Waals surface area contributed by atoms with Gasteiger partial charge in [-0.1, -0.05) is 11.6 Å². The molecule has 0 bridgehead atoms. The average molecular weight is 342 g/mol. The molecule has 0 radical (unpaired) electrons. The highest BCUT2D eigenvalue weighted by molar-refractivity contribution is 7.89. The number of nitrogens with zero attached hydrogens (tertiary/aromatic N) is 2. The van der Waals surface area contributed by atoms with Crippen molar-refractivity contribution in [3.63, 3.8) is 0 Å². The van der Waals surface area contributed by atoms with E-state index in [0.29, 0.717) is 28.3 Å². The van der Waals surface area contributed by atoms with Crippen molar-refractivity contribution in [2.24, 2.45) is 0 Å². The van der Waals surface area contributed by atoms with Gasteiger partial charge in [0.15, 0.2) is 5.03 Å². The normalized spacial score (nSPS) is 15.5. The molecule has 5 nitrogen and oxygen atoms in total. The molecule has 2 heterocycles. The minimum absolute atomic E-state index is 0.0594. The van der Waals surface area contributed by atoms with Crippen molar-refractivity contribution in [2.45, 2.75) is 18.0 Å². The number of fused-ring (bicyclic) bond motifs is 1. The molecule has 1 aromatic carbocycles. The number of pyridine rings is 1. The van der Waals surface area contributed by atoms with Crippen LogP contribution < -0.4 is 5.73 Å². The van der Waals surface area contributed by atoms with Crippen LogP contribution in [0.3, 0.4) is 0 Å². The second-order valence-corrected chi connectivity index (χ2v) is 7.30. The molecule has 1 aromatic heterocycles. The molecule has 0 saturated heterocycles. The lowest BCUT2D eigenvalue weighted by Gasteiger charge is -2.28. The minimum atomic E-state index is -3.79. The molecular weight excluding hydrogens is 329 g/mol. The molecule has 0 amide bonds. The zero-order valence-corrected chi connectivity index (χ0v) is 13.0. The summed E-state index contributed by atoms with van der Waals surface area (Å²) in [7, 11) is -3.79. The molecule has 1 aliphatic heterocycles. The van der Waals surface area contributed by atoms with Gasteiger partial charge in [0.1, 0.15) is 5.82 Å². The van der Waals surface area contributed by atoms with Crippen molar-refractivity contribution >= 4 is 27.3 Å². The second-order valence-electron chi connectivity index (χ2n) is 5.00. The van der Waals surface area contributed by atoms with Crippen molar-refractivity contribution in [3.05, 3.63) is 52.4 Å². The van der Waals surface area contributed by atoms with E-state index in [1.807, 2.05) is 0 Å². The van der Waals surface area contributed by atoms with E-state index in [1.165, 1.54) is 34.8 Å². The van der Waals surface area contributed by atoms with Gasteiger partial charge in [0.05, 0.1) is 11.9 Å². The maximum absolute atomic E-state index is 14.0. The van der Waals surface area contributed by atoms with Crippen LogP contribution in [0.4, 0.5) is 10.1 Å². The quantitative estimate of drug-likeness (QED) is 0.908. The van der Waals surface area contributed by atoms with E-state index >= 15 is 0 Å². The average Bonchev–Trinajstić information content (AvgIpc) is 2.51. The fourth-order valence-corrected chi connectivity index (χ4v) is 4.04. The third kappa shape index (κ3) is 2.55. The van der Waals surface area contributed by atoms with Crippen LogP contribution >= 0.6 is 11.6 Å². The second kappa shape index (κ2) is 5.49. The van der Waals surface area contributed by atoms with Crippen molar-refractivity contribution in [3.8, 4) is 0 Å². The van der Waals surface area contributed by atoms with Crippen molar-refractivity contribution in [1.82, 2.24) is 9.29 Å². The van der Waals surface area contributed by atoms with Crippen LogP contribution in [0.1, 0.15) is 11.1 Å². The van der Waals surface area contributed by atoms with E-state index in [1.54, 1.807) is 0 Å². The maximum Gasteiger partial charge on any atom is 0.260 e. The zero-order valence-electron chi connectivity index (χ0n) is 11.5. The SMILES string of the molecule is Nc1ccc(S(=O)(=O)N2CCc3c(Cl)ccc(F)c3C2)nc1. The molecular formula is C14H13ClFN3O2S. The number of anilines is 1. The number of aromatic nitrogens is 1. The summed E-state index contributed by atoms with van der Waals surface area (Å²) in [6, 6.07) is 5.55. The standard InChI is InChI=1S/C14H13ClFN3O2S/c15-12-2-3-13(16)11-8-19(6-5-10(11)12)22(20,21)14-4-1-9(17)7-18-14/h1-4,7H,5-6,8,17H2. The number of sulfonamides is 1. The molecule has 116 valence electrons. The van der Waals surface area contributed by atoms with E-state index in [9.17, 15) is 12.8 Å². The molecule has 3 rings (SSSR count). The number of nitrogens with two attached hydrogens (primary N) is 1. The third-order valence-electron chi connectivity index (χ3n) is 3.63. The van der Waals surface area contributed by atoms with Crippen molar-refractivity contribution in [1.29, 1.82) is 0 Å². The number of nitrogen functional groups attached to an aromatic ring is 1. The molecule has 0 fully saturated rings. The highest BCUT2D eigenvalue weighted by Gasteiger charge is 2.31. The molecule has 0 atom stereocenters. The zero-order chi connectivity index (χ0) is 15.9. The number of hydrogen-bond donors (Lipinski definition) is 1. The van der Waals surface area contributed by atoms with Gasteiger partial charge in [0.25, 0.3) is 10.0 Å². The molecule has 0 spiro atoms. The highest BCUT2D eigenvalue weighted by atomic mass is 35.5. The van der Waals surface area contributed by atoms with Crippen LogP contribution in [0.2, 0.25) is 5.02 Å². The van der Waals surface area contributed by atoms with Gasteiger partial charge in [-0.2, -0.15) is 4.31 Å². The first-order valence-electron chi connectivity index (χ1n) is 6.57. The summed E-state index contributed by atoms with van der Waals surface area (Å²) in [5.74, 6) is -0.454. The first-order chi connectivity index (χ1) is 10.4. The van der Waals surface area contributed by atoms with Gasteiger partial charge in [-0.15, -0.1) is 0 Å². The van der Waals surface area contributed by atoms with Gasteiger partial charge >= 0.3 is 0 Å². The van der Waals surface area contributed by atoms with Gasteiger partial charge < -0.3 is 5.73 Å². The van der Waals surface area contributed by atoms with Gasteiger partial charge in [0.2, 0.25) is 0 Å². The summed E-state index contributed by atoms with van der Waals surface area (Å²) in [6.45, 7) is 0.167. The lowest BCUT2D eigenvalue weighted by Crippen LogP contribution is -2.37. The highest BCUT2D eigenvalue weighted by Crippen LogP contribution is 2.30. The summed E-state index contributed by atoms with van der Waals surface area (Å²) in [4.78, 5) is 3.85. The van der Waals surface area contributed by atoms with Crippen LogP contribution in [0, 0.1) is 5.82 Å². The Bertz CT molecular complexity index is 825. The first kappa shape index (κ1) is 15.2. The Hall–Kier alpha value is -1.70. The number of halogens is 2. The van der Waals surface area contributed by atoms with Gasteiger partial charge in [0, 0.05) is 23.7 Å². The topological polar surface area (TPSA) is 76.3 Å². The van der Waals surface area contributed by atoms with E-state index in [4.69, 9.17) is 17.3 Å². The molecule has 2 N–H and O–H groups in total. The number of hydrogen-bond acceptors (Lipinski definition) is 4. The van der Waals surface area contributed by atoms with E-state index in [0.717, 1.165) is 0 Å². The van der Waals surface area contributed by atoms with E-state index in [-0.39, 0.29) is 18.1 Å². The smallest absolute Gasteiger partial charge is 0.260 e. The van der Waals surface area contributed by atoms with Crippen molar-refractivity contribution < 1.29 is 12.8 Å². The van der Waals surface area contributed by atoms with Crippen LogP contribution in [0.5, 0.6) is 0 Å². The van der Waals surface area contributed by atoms with E-state index in [2.05, 4.69) is 4.98 Å². The molecule has 0 saturated carbocycles. The summed E-state index contributed by atoms with van der Waals surface area (Å²) in [5, 5.41) is 0.353.